The summed E-state index contributed by atoms with van der Waals surface area (Å²) in [6, 6.07) is 9.42. The van der Waals surface area contributed by atoms with Gasteiger partial charge in [-0.1, -0.05) is 32.5 Å². The third kappa shape index (κ3) is 6.59. The van der Waals surface area contributed by atoms with E-state index in [-0.39, 0.29) is 17.0 Å². The number of carbonyl (C=O) groups excluding carboxylic acids is 1. The van der Waals surface area contributed by atoms with Gasteiger partial charge in [0, 0.05) is 24.2 Å². The minimum atomic E-state index is -0.216. The molecule has 214 valence electrons. The summed E-state index contributed by atoms with van der Waals surface area (Å²) in [5.74, 6) is 2.84. The molecule has 1 fully saturated rings. The van der Waals surface area contributed by atoms with Gasteiger partial charge >= 0.3 is 0 Å². The van der Waals surface area contributed by atoms with Gasteiger partial charge in [0.1, 0.15) is 5.75 Å². The summed E-state index contributed by atoms with van der Waals surface area (Å²) >= 11 is 1.30. The number of hydrogen-bond acceptors (Lipinski definition) is 10. The van der Waals surface area contributed by atoms with Crippen LogP contribution in [0.25, 0.3) is 0 Å². The first-order chi connectivity index (χ1) is 19.2. The average Bonchev–Trinajstić information content (AvgIpc) is 3.32. The first kappa shape index (κ1) is 29.4. The first-order valence-corrected chi connectivity index (χ1v) is 14.0. The number of aryl methyl sites for hydroxylation is 1. The summed E-state index contributed by atoms with van der Waals surface area (Å²) in [4.78, 5) is 15.8. The van der Waals surface area contributed by atoms with Gasteiger partial charge in [-0.3, -0.25) is 4.79 Å². The first-order valence-electron chi connectivity index (χ1n) is 13.1. The maximum atomic E-state index is 13.5. The van der Waals surface area contributed by atoms with Crippen LogP contribution in [0.3, 0.4) is 0 Å². The monoisotopic (exact) mass is 567 g/mol. The number of benzene rings is 2. The molecule has 0 radical (unpaired) electrons. The van der Waals surface area contributed by atoms with Gasteiger partial charge < -0.3 is 23.8 Å². The van der Waals surface area contributed by atoms with Gasteiger partial charge in [-0.25, -0.2) is 0 Å². The van der Waals surface area contributed by atoms with Crippen LogP contribution in [0.2, 0.25) is 0 Å². The Hall–Kier alpha value is -3.57. The van der Waals surface area contributed by atoms with Crippen LogP contribution in [0.5, 0.6) is 17.2 Å². The summed E-state index contributed by atoms with van der Waals surface area (Å²) in [5, 5.41) is 13.5. The topological polar surface area (TPSA) is 100 Å². The molecule has 0 aliphatic carbocycles. The second-order valence-electron chi connectivity index (χ2n) is 10.3. The molecule has 0 N–H and O–H groups in total. The Kier molecular flexibility index (Phi) is 9.36. The third-order valence-electron chi connectivity index (χ3n) is 6.59. The highest BCUT2D eigenvalue weighted by atomic mass is 32.2. The molecule has 2 heterocycles. The zero-order valence-corrected chi connectivity index (χ0v) is 25.0. The third-order valence-corrected chi connectivity index (χ3v) is 7.50. The van der Waals surface area contributed by atoms with Crippen LogP contribution in [0.4, 0.5) is 5.69 Å². The zero-order valence-electron chi connectivity index (χ0n) is 24.2. The minimum Gasteiger partial charge on any atom is -0.494 e. The van der Waals surface area contributed by atoms with Crippen molar-refractivity contribution in [3.8, 4) is 17.2 Å². The van der Waals surface area contributed by atoms with Crippen LogP contribution in [0, 0.1) is 6.92 Å². The van der Waals surface area contributed by atoms with E-state index in [0.717, 1.165) is 35.7 Å². The van der Waals surface area contributed by atoms with Crippen molar-refractivity contribution in [1.82, 2.24) is 14.9 Å². The van der Waals surface area contributed by atoms with Gasteiger partial charge in [-0.05, 0) is 48.2 Å². The van der Waals surface area contributed by atoms with Crippen molar-refractivity contribution in [2.24, 2.45) is 5.10 Å². The SMILES string of the molecule is COc1ccc(/C=N/n2c(C)nnc2SCC(=O)c2cc(N3CCOCC3)c(OC)c(C(C)(C)C)c2)cc1OC. The van der Waals surface area contributed by atoms with Crippen molar-refractivity contribution in [3.63, 3.8) is 0 Å². The van der Waals surface area contributed by atoms with E-state index in [2.05, 4.69) is 41.0 Å². The van der Waals surface area contributed by atoms with E-state index < -0.39 is 0 Å². The van der Waals surface area contributed by atoms with Gasteiger partial charge in [0.05, 0.1) is 52.2 Å². The second kappa shape index (κ2) is 12.7. The van der Waals surface area contributed by atoms with E-state index in [1.807, 2.05) is 37.3 Å². The number of Topliss-reactive ketones (excluding diaryl/α,β-unsaturated/α-hetero) is 1. The molecule has 4 rings (SSSR count). The van der Waals surface area contributed by atoms with Gasteiger partial charge in [0.25, 0.3) is 0 Å². The Labute approximate surface area is 239 Å². The number of methoxy groups -OCH3 is 3. The van der Waals surface area contributed by atoms with Crippen molar-refractivity contribution < 1.29 is 23.7 Å². The van der Waals surface area contributed by atoms with Crippen molar-refractivity contribution in [3.05, 3.63) is 52.8 Å². The highest BCUT2D eigenvalue weighted by Crippen LogP contribution is 2.40. The Bertz CT molecular complexity index is 1380. The van der Waals surface area contributed by atoms with Crippen molar-refractivity contribution in [1.29, 1.82) is 0 Å². The van der Waals surface area contributed by atoms with E-state index in [9.17, 15) is 4.79 Å². The van der Waals surface area contributed by atoms with Gasteiger partial charge in [0.15, 0.2) is 23.1 Å². The molecular formula is C29H37N5O5S. The molecule has 10 nitrogen and oxygen atoms in total. The molecule has 1 aliphatic heterocycles. The number of anilines is 1. The molecule has 0 amide bonds. The van der Waals surface area contributed by atoms with Gasteiger partial charge in [-0.15, -0.1) is 10.2 Å². The Balaban J connectivity index is 1.57. The standard InChI is InChI=1S/C29H37N5O5S/c1-19-31-32-28(34(19)30-17-20-8-9-25(36-5)26(14-20)37-6)40-18-24(35)21-15-22(29(2,3)4)27(38-7)23(16-21)33-10-12-39-13-11-33/h8-9,14-17H,10-13,18H2,1-7H3/b30-17+. The second-order valence-corrected chi connectivity index (χ2v) is 11.3. The molecule has 0 unspecified atom stereocenters. The van der Waals surface area contributed by atoms with E-state index in [1.54, 1.807) is 32.2 Å². The van der Waals surface area contributed by atoms with E-state index in [4.69, 9.17) is 18.9 Å². The van der Waals surface area contributed by atoms with Crippen LogP contribution in [0.1, 0.15) is 48.1 Å². The normalized spacial score (nSPS) is 14.0. The Morgan fingerprint density at radius 1 is 1.05 bits per heavy atom. The van der Waals surface area contributed by atoms with Crippen LogP contribution in [0.15, 0.2) is 40.6 Å². The van der Waals surface area contributed by atoms with Crippen LogP contribution in [-0.2, 0) is 10.2 Å². The molecule has 0 bridgehead atoms. The lowest BCUT2D eigenvalue weighted by Crippen LogP contribution is -2.37. The lowest BCUT2D eigenvalue weighted by Gasteiger charge is -2.33. The van der Waals surface area contributed by atoms with Crippen molar-refractivity contribution >= 4 is 29.4 Å². The number of thioether (sulfide) groups is 1. The number of rotatable bonds is 10. The molecular weight excluding hydrogens is 530 g/mol. The molecule has 1 aromatic heterocycles. The molecule has 3 aromatic rings. The van der Waals surface area contributed by atoms with Crippen molar-refractivity contribution in [2.75, 3.05) is 58.3 Å². The maximum Gasteiger partial charge on any atom is 0.212 e. The molecule has 0 atom stereocenters. The van der Waals surface area contributed by atoms with Crippen LogP contribution >= 0.6 is 11.8 Å². The maximum absolute atomic E-state index is 13.5. The fourth-order valence-electron chi connectivity index (χ4n) is 4.42. The lowest BCUT2D eigenvalue weighted by atomic mass is 9.84. The number of ether oxygens (including phenoxy) is 4. The molecule has 1 saturated heterocycles. The van der Waals surface area contributed by atoms with Crippen LogP contribution < -0.4 is 19.1 Å². The van der Waals surface area contributed by atoms with Crippen LogP contribution in [-0.4, -0.2) is 80.3 Å². The molecule has 2 aromatic carbocycles. The summed E-state index contributed by atoms with van der Waals surface area (Å²) in [5.41, 5.74) is 3.15. The number of ketones is 1. The molecule has 1 aliphatic rings. The molecule has 11 heteroatoms. The summed E-state index contributed by atoms with van der Waals surface area (Å²) in [7, 11) is 4.87. The quantitative estimate of drug-likeness (QED) is 0.198. The summed E-state index contributed by atoms with van der Waals surface area (Å²) in [6.07, 6.45) is 1.69. The van der Waals surface area contributed by atoms with Crippen molar-refractivity contribution in [2.45, 2.75) is 38.3 Å². The molecule has 0 saturated carbocycles. The summed E-state index contributed by atoms with van der Waals surface area (Å²) in [6.45, 7) is 11.0. The highest BCUT2D eigenvalue weighted by molar-refractivity contribution is 7.99. The Morgan fingerprint density at radius 3 is 2.42 bits per heavy atom. The molecule has 40 heavy (non-hydrogen) atoms. The zero-order chi connectivity index (χ0) is 28.9. The average molecular weight is 568 g/mol. The molecule has 0 spiro atoms. The lowest BCUT2D eigenvalue weighted by molar-refractivity contribution is 0.102. The van der Waals surface area contributed by atoms with Gasteiger partial charge in [-0.2, -0.15) is 9.78 Å². The number of morpholine rings is 1. The fraction of sp³-hybridized carbons (Fsp3) is 0.448. The van der Waals surface area contributed by atoms with E-state index >= 15 is 0 Å². The summed E-state index contributed by atoms with van der Waals surface area (Å²) < 4.78 is 23.7. The minimum absolute atomic E-state index is 0.0104. The van der Waals surface area contributed by atoms with E-state index in [0.29, 0.717) is 41.3 Å². The number of carbonyl (C=O) groups is 1. The number of nitrogens with zero attached hydrogens (tertiary/aromatic N) is 5. The highest BCUT2D eigenvalue weighted by Gasteiger charge is 2.27. The fourth-order valence-corrected chi connectivity index (χ4v) is 5.24. The predicted octanol–water partition coefficient (Wildman–Crippen LogP) is 4.60. The predicted molar refractivity (Wildman–Crippen MR) is 157 cm³/mol. The number of hydrogen-bond donors (Lipinski definition) is 0. The number of aromatic nitrogens is 3. The smallest absolute Gasteiger partial charge is 0.212 e. The largest absolute Gasteiger partial charge is 0.494 e. The van der Waals surface area contributed by atoms with E-state index in [1.165, 1.54) is 11.8 Å². The Morgan fingerprint density at radius 2 is 1.77 bits per heavy atom. The van der Waals surface area contributed by atoms with Gasteiger partial charge in [0.2, 0.25) is 5.16 Å².